The zero-order valence-corrected chi connectivity index (χ0v) is 16.5. The monoisotopic (exact) mass is 398 g/mol. The summed E-state index contributed by atoms with van der Waals surface area (Å²) in [4.78, 5) is 12.1. The maximum absolute atomic E-state index is 13.2. The molecule has 0 bridgehead atoms. The topological polar surface area (TPSA) is 64.4 Å². The van der Waals surface area contributed by atoms with Gasteiger partial charge in [-0.1, -0.05) is 12.1 Å². The highest BCUT2D eigenvalue weighted by atomic mass is 35.5. The van der Waals surface area contributed by atoms with Crippen LogP contribution >= 0.6 is 24.2 Å². The minimum atomic E-state index is -0.518. The molecular weight excluding hydrogens is 375 g/mol. The van der Waals surface area contributed by atoms with Crippen molar-refractivity contribution >= 4 is 35.8 Å². The Labute approximate surface area is 164 Å². The lowest BCUT2D eigenvalue weighted by atomic mass is 10.1. The van der Waals surface area contributed by atoms with Gasteiger partial charge in [-0.05, 0) is 66.8 Å². The fourth-order valence-corrected chi connectivity index (χ4v) is 2.75. The molecule has 0 fully saturated rings. The average molecular weight is 399 g/mol. The smallest absolute Gasteiger partial charge is 0.241 e. The number of nitrogens with one attached hydrogen (secondary N) is 1. The molecular formula is C19H24ClFN2O2S. The summed E-state index contributed by atoms with van der Waals surface area (Å²) in [7, 11) is 0. The molecule has 2 rings (SSSR count). The molecule has 0 saturated heterocycles. The van der Waals surface area contributed by atoms with E-state index in [1.54, 1.807) is 36.0 Å². The van der Waals surface area contributed by atoms with Gasteiger partial charge in [0.2, 0.25) is 5.91 Å². The molecule has 0 aliphatic rings. The minimum Gasteiger partial charge on any atom is -0.489 e. The number of rotatable bonds is 8. The van der Waals surface area contributed by atoms with Gasteiger partial charge in [-0.2, -0.15) is 11.8 Å². The van der Waals surface area contributed by atoms with Crippen LogP contribution in [-0.2, 0) is 11.4 Å². The van der Waals surface area contributed by atoms with Crippen LogP contribution in [0.15, 0.2) is 42.5 Å². The molecule has 0 aliphatic heterocycles. The van der Waals surface area contributed by atoms with Crippen LogP contribution in [0.5, 0.6) is 5.75 Å². The van der Waals surface area contributed by atoms with Crippen molar-refractivity contribution < 1.29 is 13.9 Å². The largest absolute Gasteiger partial charge is 0.489 e. The minimum absolute atomic E-state index is 0. The van der Waals surface area contributed by atoms with Crippen LogP contribution in [0.1, 0.15) is 17.5 Å². The number of halogens is 2. The Balaban J connectivity index is 0.00000338. The summed E-state index contributed by atoms with van der Waals surface area (Å²) in [6, 6.07) is 11.2. The van der Waals surface area contributed by atoms with Crippen molar-refractivity contribution in [2.75, 3.05) is 17.3 Å². The van der Waals surface area contributed by atoms with Gasteiger partial charge in [-0.25, -0.2) is 4.39 Å². The number of aryl methyl sites for hydroxylation is 1. The Morgan fingerprint density at radius 3 is 2.73 bits per heavy atom. The lowest BCUT2D eigenvalue weighted by Gasteiger charge is -2.14. The van der Waals surface area contributed by atoms with Crippen LogP contribution in [0.4, 0.5) is 10.1 Å². The van der Waals surface area contributed by atoms with Gasteiger partial charge in [0.15, 0.2) is 0 Å². The quantitative estimate of drug-likeness (QED) is 0.701. The lowest BCUT2D eigenvalue weighted by Crippen LogP contribution is -2.36. The predicted octanol–water partition coefficient (Wildman–Crippen LogP) is 4.15. The van der Waals surface area contributed by atoms with E-state index < -0.39 is 6.04 Å². The Morgan fingerprint density at radius 2 is 2.08 bits per heavy atom. The molecule has 0 spiro atoms. The molecule has 0 heterocycles. The Kier molecular flexibility index (Phi) is 9.48. The third kappa shape index (κ3) is 6.86. The number of thioether (sulfide) groups is 1. The van der Waals surface area contributed by atoms with Gasteiger partial charge in [0.25, 0.3) is 0 Å². The highest BCUT2D eigenvalue weighted by Gasteiger charge is 2.14. The van der Waals surface area contributed by atoms with Gasteiger partial charge in [0, 0.05) is 5.69 Å². The van der Waals surface area contributed by atoms with Crippen LogP contribution in [0.3, 0.4) is 0 Å². The van der Waals surface area contributed by atoms with E-state index in [0.717, 1.165) is 16.9 Å². The molecule has 0 aliphatic carbocycles. The van der Waals surface area contributed by atoms with Crippen molar-refractivity contribution in [1.82, 2.24) is 0 Å². The van der Waals surface area contributed by atoms with Gasteiger partial charge >= 0.3 is 0 Å². The van der Waals surface area contributed by atoms with E-state index in [1.807, 2.05) is 19.2 Å². The number of amides is 1. The molecule has 0 aromatic heterocycles. The summed E-state index contributed by atoms with van der Waals surface area (Å²) in [6.45, 7) is 2.17. The number of hydrogen-bond donors (Lipinski definition) is 2. The zero-order chi connectivity index (χ0) is 18.2. The number of nitrogens with two attached hydrogens (primary N) is 1. The normalized spacial score (nSPS) is 11.4. The number of benzene rings is 2. The van der Waals surface area contributed by atoms with Gasteiger partial charge in [-0.3, -0.25) is 4.79 Å². The summed E-state index contributed by atoms with van der Waals surface area (Å²) < 4.78 is 18.8. The summed E-state index contributed by atoms with van der Waals surface area (Å²) in [5.41, 5.74) is 8.22. The summed E-state index contributed by atoms with van der Waals surface area (Å²) in [5.74, 6) is 1.03. The summed E-state index contributed by atoms with van der Waals surface area (Å²) in [6.07, 6.45) is 2.62. The molecule has 0 radical (unpaired) electrons. The van der Waals surface area contributed by atoms with Crippen LogP contribution < -0.4 is 15.8 Å². The molecule has 1 amide bonds. The highest BCUT2D eigenvalue weighted by molar-refractivity contribution is 7.98. The van der Waals surface area contributed by atoms with E-state index in [2.05, 4.69) is 5.32 Å². The molecule has 3 N–H and O–H groups in total. The molecule has 4 nitrogen and oxygen atoms in total. The van der Waals surface area contributed by atoms with E-state index in [4.69, 9.17) is 10.5 Å². The fourth-order valence-electron chi connectivity index (χ4n) is 2.26. The van der Waals surface area contributed by atoms with Crippen molar-refractivity contribution in [2.24, 2.45) is 5.73 Å². The molecule has 2 aromatic carbocycles. The SMILES string of the molecule is CSCC[C@H](N)C(=O)Nc1ccc(OCc2cccc(F)c2)cc1C.Cl. The molecule has 26 heavy (non-hydrogen) atoms. The highest BCUT2D eigenvalue weighted by Crippen LogP contribution is 2.22. The molecule has 1 atom stereocenters. The standard InChI is InChI=1S/C19H23FN2O2S.ClH/c1-13-10-16(24-12-14-4-3-5-15(20)11-14)6-7-18(13)22-19(23)17(21)8-9-25-2;/h3-7,10-11,17H,8-9,12,21H2,1-2H3,(H,22,23);1H/t17-;/m0./s1. The molecule has 2 aromatic rings. The number of ether oxygens (including phenoxy) is 1. The first-order valence-corrected chi connectivity index (χ1v) is 9.42. The fraction of sp³-hybridized carbons (Fsp3) is 0.316. The first-order chi connectivity index (χ1) is 12.0. The second kappa shape index (κ2) is 11.1. The van der Waals surface area contributed by atoms with Crippen molar-refractivity contribution in [1.29, 1.82) is 0 Å². The van der Waals surface area contributed by atoms with Gasteiger partial charge in [0.05, 0.1) is 6.04 Å². The number of hydrogen-bond acceptors (Lipinski definition) is 4. The predicted molar refractivity (Wildman–Crippen MR) is 109 cm³/mol. The van der Waals surface area contributed by atoms with Crippen molar-refractivity contribution in [3.63, 3.8) is 0 Å². The van der Waals surface area contributed by atoms with E-state index in [-0.39, 0.29) is 30.7 Å². The van der Waals surface area contributed by atoms with E-state index in [1.165, 1.54) is 12.1 Å². The molecule has 0 saturated carbocycles. The Hall–Kier alpha value is -1.76. The van der Waals surface area contributed by atoms with Crippen molar-refractivity contribution in [3.8, 4) is 5.75 Å². The van der Waals surface area contributed by atoms with Crippen LogP contribution in [0, 0.1) is 12.7 Å². The van der Waals surface area contributed by atoms with Crippen LogP contribution in [0.2, 0.25) is 0 Å². The van der Waals surface area contributed by atoms with Crippen molar-refractivity contribution in [3.05, 3.63) is 59.4 Å². The van der Waals surface area contributed by atoms with Crippen LogP contribution in [-0.4, -0.2) is 24.0 Å². The van der Waals surface area contributed by atoms with E-state index in [9.17, 15) is 9.18 Å². The first-order valence-electron chi connectivity index (χ1n) is 8.03. The van der Waals surface area contributed by atoms with E-state index in [0.29, 0.717) is 17.9 Å². The Morgan fingerprint density at radius 1 is 1.31 bits per heavy atom. The zero-order valence-electron chi connectivity index (χ0n) is 14.8. The Bertz CT molecular complexity index is 730. The average Bonchev–Trinajstić information content (AvgIpc) is 2.60. The molecule has 142 valence electrons. The van der Waals surface area contributed by atoms with Crippen LogP contribution in [0.25, 0.3) is 0 Å². The van der Waals surface area contributed by atoms with Gasteiger partial charge in [-0.15, -0.1) is 12.4 Å². The third-order valence-electron chi connectivity index (χ3n) is 3.72. The number of carbonyl (C=O) groups is 1. The maximum atomic E-state index is 13.2. The number of carbonyl (C=O) groups excluding carboxylic acids is 1. The third-order valence-corrected chi connectivity index (χ3v) is 4.36. The second-order valence-corrected chi connectivity index (χ2v) is 6.76. The van der Waals surface area contributed by atoms with Gasteiger partial charge in [0.1, 0.15) is 18.2 Å². The van der Waals surface area contributed by atoms with Gasteiger partial charge < -0.3 is 15.8 Å². The first kappa shape index (κ1) is 22.3. The molecule has 7 heteroatoms. The van der Waals surface area contributed by atoms with Crippen molar-refractivity contribution in [2.45, 2.75) is 26.0 Å². The second-order valence-electron chi connectivity index (χ2n) is 5.77. The lowest BCUT2D eigenvalue weighted by molar-refractivity contribution is -0.117. The summed E-state index contributed by atoms with van der Waals surface area (Å²) >= 11 is 1.66. The van der Waals surface area contributed by atoms with E-state index >= 15 is 0 Å². The summed E-state index contributed by atoms with van der Waals surface area (Å²) in [5, 5.41) is 2.85. The molecule has 0 unspecified atom stereocenters. The maximum Gasteiger partial charge on any atom is 0.241 e. The number of anilines is 1.